The molecule has 120 valence electrons. The SMILES string of the molecule is O=C(NCC1(CO)CC1)N[C@@H]1CCC[C@@H]1c1ccc(F)cc1. The van der Waals surface area contributed by atoms with Crippen LogP contribution in [-0.2, 0) is 0 Å². The van der Waals surface area contributed by atoms with E-state index in [0.717, 1.165) is 37.7 Å². The van der Waals surface area contributed by atoms with Gasteiger partial charge >= 0.3 is 6.03 Å². The lowest BCUT2D eigenvalue weighted by molar-refractivity contribution is 0.201. The Balaban J connectivity index is 1.54. The average Bonchev–Trinajstić information content (AvgIpc) is 3.18. The van der Waals surface area contributed by atoms with Crippen molar-refractivity contribution < 1.29 is 14.3 Å². The molecule has 0 spiro atoms. The molecule has 0 unspecified atom stereocenters. The quantitative estimate of drug-likeness (QED) is 0.783. The molecule has 2 aliphatic rings. The van der Waals surface area contributed by atoms with Crippen molar-refractivity contribution >= 4 is 6.03 Å². The van der Waals surface area contributed by atoms with Gasteiger partial charge in [0.05, 0.1) is 6.61 Å². The Bertz CT molecular complexity index is 528. The summed E-state index contributed by atoms with van der Waals surface area (Å²) in [5, 5.41) is 15.2. The van der Waals surface area contributed by atoms with Crippen molar-refractivity contribution in [1.29, 1.82) is 0 Å². The van der Waals surface area contributed by atoms with Gasteiger partial charge in [0, 0.05) is 23.9 Å². The number of hydrogen-bond acceptors (Lipinski definition) is 2. The zero-order valence-electron chi connectivity index (χ0n) is 12.6. The van der Waals surface area contributed by atoms with Crippen LogP contribution in [0.15, 0.2) is 24.3 Å². The third-order valence-corrected chi connectivity index (χ3v) is 5.05. The number of amides is 2. The molecule has 0 radical (unpaired) electrons. The largest absolute Gasteiger partial charge is 0.396 e. The second-order valence-corrected chi connectivity index (χ2v) is 6.68. The van der Waals surface area contributed by atoms with Crippen molar-refractivity contribution in [2.75, 3.05) is 13.2 Å². The highest BCUT2D eigenvalue weighted by molar-refractivity contribution is 5.74. The maximum Gasteiger partial charge on any atom is 0.315 e. The normalized spacial score (nSPS) is 25.7. The molecule has 0 bridgehead atoms. The van der Waals surface area contributed by atoms with Gasteiger partial charge in [-0.2, -0.15) is 0 Å². The van der Waals surface area contributed by atoms with Gasteiger partial charge in [0.25, 0.3) is 0 Å². The molecular formula is C17H23FN2O2. The van der Waals surface area contributed by atoms with E-state index >= 15 is 0 Å². The highest BCUT2D eigenvalue weighted by Gasteiger charge is 2.42. The van der Waals surface area contributed by atoms with Crippen molar-refractivity contribution in [2.45, 2.75) is 44.1 Å². The minimum absolute atomic E-state index is 0.0800. The summed E-state index contributed by atoms with van der Waals surface area (Å²) < 4.78 is 13.0. The summed E-state index contributed by atoms with van der Waals surface area (Å²) in [4.78, 5) is 12.1. The van der Waals surface area contributed by atoms with Crippen molar-refractivity contribution in [3.05, 3.63) is 35.6 Å². The highest BCUT2D eigenvalue weighted by Crippen LogP contribution is 2.44. The molecule has 0 aliphatic heterocycles. The predicted octanol–water partition coefficient (Wildman–Crippen LogP) is 2.53. The summed E-state index contributed by atoms with van der Waals surface area (Å²) in [7, 11) is 0. The Labute approximate surface area is 130 Å². The molecule has 0 saturated heterocycles. The maximum absolute atomic E-state index is 13.0. The molecule has 4 nitrogen and oxygen atoms in total. The number of hydrogen-bond donors (Lipinski definition) is 3. The summed E-state index contributed by atoms with van der Waals surface area (Å²) in [5.74, 6) is 0.0156. The van der Waals surface area contributed by atoms with Gasteiger partial charge in [-0.15, -0.1) is 0 Å². The maximum atomic E-state index is 13.0. The van der Waals surface area contributed by atoms with Gasteiger partial charge in [-0.1, -0.05) is 18.6 Å². The van der Waals surface area contributed by atoms with Crippen LogP contribution in [-0.4, -0.2) is 30.3 Å². The number of carbonyl (C=O) groups is 1. The van der Waals surface area contributed by atoms with Crippen LogP contribution in [0.3, 0.4) is 0 Å². The zero-order chi connectivity index (χ0) is 15.6. The minimum atomic E-state index is -0.234. The van der Waals surface area contributed by atoms with Gasteiger partial charge in [0.2, 0.25) is 0 Å². The van der Waals surface area contributed by atoms with E-state index in [0.29, 0.717) is 6.54 Å². The van der Waals surface area contributed by atoms with Gasteiger partial charge in [0.1, 0.15) is 5.82 Å². The molecular weight excluding hydrogens is 283 g/mol. The zero-order valence-corrected chi connectivity index (χ0v) is 12.6. The molecule has 1 aromatic carbocycles. The average molecular weight is 306 g/mol. The Hall–Kier alpha value is -1.62. The number of urea groups is 1. The second kappa shape index (κ2) is 6.24. The third kappa shape index (κ3) is 3.40. The van der Waals surface area contributed by atoms with E-state index in [2.05, 4.69) is 10.6 Å². The summed E-state index contributed by atoms with van der Waals surface area (Å²) in [6.07, 6.45) is 4.97. The molecule has 3 N–H and O–H groups in total. The minimum Gasteiger partial charge on any atom is -0.396 e. The summed E-state index contributed by atoms with van der Waals surface area (Å²) in [5.41, 5.74) is 1.00. The van der Waals surface area contributed by atoms with E-state index < -0.39 is 0 Å². The number of aliphatic hydroxyl groups is 1. The summed E-state index contributed by atoms with van der Waals surface area (Å²) in [6.45, 7) is 0.665. The standard InChI is InChI=1S/C17H23FN2O2/c18-13-6-4-12(5-7-13)14-2-1-3-15(14)20-16(22)19-10-17(11-21)8-9-17/h4-7,14-15,21H,1-3,8-11H2,(H2,19,20,22)/t14-,15-/m1/s1. The molecule has 2 saturated carbocycles. The van der Waals surface area contributed by atoms with E-state index in [1.807, 2.05) is 12.1 Å². The number of carbonyl (C=O) groups excluding carboxylic acids is 1. The van der Waals surface area contributed by atoms with Crippen molar-refractivity contribution in [3.63, 3.8) is 0 Å². The number of rotatable bonds is 5. The monoisotopic (exact) mass is 306 g/mol. The van der Waals surface area contributed by atoms with Gasteiger partial charge in [0.15, 0.2) is 0 Å². The van der Waals surface area contributed by atoms with Crippen molar-refractivity contribution in [1.82, 2.24) is 10.6 Å². The fraction of sp³-hybridized carbons (Fsp3) is 0.588. The Kier molecular flexibility index (Phi) is 4.34. The molecule has 22 heavy (non-hydrogen) atoms. The van der Waals surface area contributed by atoms with Crippen LogP contribution in [0.25, 0.3) is 0 Å². The smallest absolute Gasteiger partial charge is 0.315 e. The van der Waals surface area contributed by atoms with Crippen molar-refractivity contribution in [3.8, 4) is 0 Å². The number of aliphatic hydroxyl groups excluding tert-OH is 1. The molecule has 0 aromatic heterocycles. The second-order valence-electron chi connectivity index (χ2n) is 6.68. The van der Waals surface area contributed by atoms with E-state index in [9.17, 15) is 14.3 Å². The molecule has 5 heteroatoms. The lowest BCUT2D eigenvalue weighted by Gasteiger charge is -2.22. The highest BCUT2D eigenvalue weighted by atomic mass is 19.1. The van der Waals surface area contributed by atoms with Crippen LogP contribution in [0.1, 0.15) is 43.6 Å². The third-order valence-electron chi connectivity index (χ3n) is 5.05. The van der Waals surface area contributed by atoms with Gasteiger partial charge < -0.3 is 15.7 Å². The van der Waals surface area contributed by atoms with Crippen molar-refractivity contribution in [2.24, 2.45) is 5.41 Å². The predicted molar refractivity (Wildman–Crippen MR) is 82.1 cm³/mol. The fourth-order valence-electron chi connectivity index (χ4n) is 3.30. The van der Waals surface area contributed by atoms with Gasteiger partial charge in [-0.25, -0.2) is 9.18 Å². The topological polar surface area (TPSA) is 61.4 Å². The lowest BCUT2D eigenvalue weighted by atomic mass is 9.94. The summed E-state index contributed by atoms with van der Waals surface area (Å²) >= 11 is 0. The molecule has 2 fully saturated rings. The molecule has 2 aliphatic carbocycles. The van der Waals surface area contributed by atoms with Crippen LogP contribution < -0.4 is 10.6 Å². The van der Waals surface area contributed by atoms with Gasteiger partial charge in [-0.3, -0.25) is 0 Å². The van der Waals surface area contributed by atoms with Crippen LogP contribution in [0.2, 0.25) is 0 Å². The molecule has 0 heterocycles. The number of nitrogens with one attached hydrogen (secondary N) is 2. The van der Waals surface area contributed by atoms with Crippen LogP contribution >= 0.6 is 0 Å². The number of benzene rings is 1. The molecule has 1 aromatic rings. The van der Waals surface area contributed by atoms with E-state index in [-0.39, 0.29) is 35.8 Å². The molecule has 2 amide bonds. The lowest BCUT2D eigenvalue weighted by Crippen LogP contribution is -2.45. The molecule has 2 atom stereocenters. The first-order valence-corrected chi connectivity index (χ1v) is 8.03. The van der Waals surface area contributed by atoms with Gasteiger partial charge in [-0.05, 0) is 43.4 Å². The summed E-state index contributed by atoms with van der Waals surface area (Å²) in [6, 6.07) is 6.49. The van der Waals surface area contributed by atoms with Crippen LogP contribution in [0, 0.1) is 11.2 Å². The number of halogens is 1. The first-order chi connectivity index (χ1) is 10.6. The molecule has 3 rings (SSSR count). The van der Waals surface area contributed by atoms with Crippen LogP contribution in [0.5, 0.6) is 0 Å². The van der Waals surface area contributed by atoms with E-state index in [1.54, 1.807) is 0 Å². The Morgan fingerprint density at radius 2 is 2.00 bits per heavy atom. The van der Waals surface area contributed by atoms with E-state index in [1.165, 1.54) is 12.1 Å². The first-order valence-electron chi connectivity index (χ1n) is 8.03. The van der Waals surface area contributed by atoms with E-state index in [4.69, 9.17) is 0 Å². The Morgan fingerprint density at radius 3 is 2.64 bits per heavy atom. The first kappa shape index (κ1) is 15.3. The Morgan fingerprint density at radius 1 is 1.27 bits per heavy atom. The fourth-order valence-corrected chi connectivity index (χ4v) is 3.30. The van der Waals surface area contributed by atoms with Crippen LogP contribution in [0.4, 0.5) is 9.18 Å².